The molecule has 1 aliphatic rings. The number of halogens is 6. The number of amides is 2. The molecule has 0 saturated carbocycles. The third kappa shape index (κ3) is 4.36. The molecule has 0 aliphatic carbocycles. The Balaban J connectivity index is 1.88. The van der Waals surface area contributed by atoms with E-state index in [4.69, 9.17) is 5.73 Å². The highest BCUT2D eigenvalue weighted by Crippen LogP contribution is 2.44. The lowest BCUT2D eigenvalue weighted by molar-refractivity contribution is -0.143. The minimum absolute atomic E-state index is 0.0121. The number of nitrogens with zero attached hydrogens (tertiary/aromatic N) is 1. The van der Waals surface area contributed by atoms with E-state index in [1.54, 1.807) is 0 Å². The number of phenols is 1. The van der Waals surface area contributed by atoms with E-state index in [0.717, 1.165) is 4.90 Å². The number of rotatable bonds is 5. The molecule has 0 bridgehead atoms. The largest absolute Gasteiger partial charge is 0.508 e. The second kappa shape index (κ2) is 8.58. The highest BCUT2D eigenvalue weighted by Gasteiger charge is 2.54. The Morgan fingerprint density at radius 2 is 1.42 bits per heavy atom. The molecule has 4 rings (SSSR count). The molecule has 2 amide bonds. The summed E-state index contributed by atoms with van der Waals surface area (Å²) < 4.78 is 80.4. The number of fused-ring (bicyclic) bond motifs is 1. The van der Waals surface area contributed by atoms with Crippen molar-refractivity contribution in [3.63, 3.8) is 0 Å². The van der Waals surface area contributed by atoms with Gasteiger partial charge in [0.25, 0.3) is 5.91 Å². The van der Waals surface area contributed by atoms with Gasteiger partial charge in [0, 0.05) is 24.1 Å². The highest BCUT2D eigenvalue weighted by atomic mass is 19.4. The van der Waals surface area contributed by atoms with E-state index < -0.39 is 52.9 Å². The molecule has 3 aromatic carbocycles. The number of benzene rings is 3. The molecule has 1 unspecified atom stereocenters. The molecule has 0 aromatic heterocycles. The average molecular weight is 508 g/mol. The number of primary amides is 1. The van der Waals surface area contributed by atoms with E-state index in [9.17, 15) is 41.0 Å². The van der Waals surface area contributed by atoms with Crippen LogP contribution in [0.5, 0.6) is 5.75 Å². The number of hydrogen-bond acceptors (Lipinski definition) is 3. The monoisotopic (exact) mass is 508 g/mol. The maximum Gasteiger partial charge on any atom is 0.416 e. The van der Waals surface area contributed by atoms with E-state index in [1.165, 1.54) is 48.5 Å². The van der Waals surface area contributed by atoms with Crippen LogP contribution in [-0.4, -0.2) is 21.8 Å². The van der Waals surface area contributed by atoms with Crippen molar-refractivity contribution in [2.45, 2.75) is 30.9 Å². The van der Waals surface area contributed by atoms with Gasteiger partial charge in [-0.05, 0) is 47.5 Å². The van der Waals surface area contributed by atoms with E-state index in [-0.39, 0.29) is 29.4 Å². The van der Waals surface area contributed by atoms with Gasteiger partial charge in [0.2, 0.25) is 5.91 Å². The Morgan fingerprint density at radius 3 is 1.94 bits per heavy atom. The summed E-state index contributed by atoms with van der Waals surface area (Å²) in [5, 5.41) is 9.58. The van der Waals surface area contributed by atoms with Crippen LogP contribution in [0.15, 0.2) is 66.7 Å². The molecular formula is C25H18F6N2O3. The van der Waals surface area contributed by atoms with Crippen molar-refractivity contribution in [2.24, 2.45) is 5.73 Å². The number of aromatic hydroxyl groups is 1. The lowest BCUT2D eigenvalue weighted by Gasteiger charge is -2.37. The molecule has 36 heavy (non-hydrogen) atoms. The molecule has 1 heterocycles. The number of alkyl halides is 6. The SMILES string of the molecule is NC(=O)C1(Cc2ccc(O)cc2)c2ccccc2C(=O)N1Cc1cc(C(F)(F)F)cc(C(F)(F)F)c1. The Hall–Kier alpha value is -4.02. The lowest BCUT2D eigenvalue weighted by atomic mass is 9.82. The standard InChI is InChI=1S/C25H18F6N2O3/c26-24(27,28)16-9-15(10-17(11-16)25(29,30)31)13-33-21(35)19-3-1-2-4-20(19)23(33,22(32)36)12-14-5-7-18(34)8-6-14/h1-11,34H,12-13H2,(H2,32,36). The Kier molecular flexibility index (Phi) is 5.98. The van der Waals surface area contributed by atoms with Crippen molar-refractivity contribution in [1.82, 2.24) is 4.90 Å². The molecule has 0 saturated heterocycles. The van der Waals surface area contributed by atoms with Crippen LogP contribution < -0.4 is 5.73 Å². The Bertz CT molecular complexity index is 1300. The first-order chi connectivity index (χ1) is 16.7. The maximum atomic E-state index is 13.4. The molecule has 3 N–H and O–H groups in total. The molecule has 3 aromatic rings. The van der Waals surface area contributed by atoms with Gasteiger partial charge in [-0.1, -0.05) is 30.3 Å². The molecule has 0 radical (unpaired) electrons. The molecule has 0 spiro atoms. The Morgan fingerprint density at radius 1 is 0.861 bits per heavy atom. The minimum Gasteiger partial charge on any atom is -0.508 e. The zero-order valence-corrected chi connectivity index (χ0v) is 18.3. The fraction of sp³-hybridized carbons (Fsp3) is 0.200. The quantitative estimate of drug-likeness (QED) is 0.476. The summed E-state index contributed by atoms with van der Waals surface area (Å²) >= 11 is 0. The van der Waals surface area contributed by atoms with Crippen molar-refractivity contribution in [1.29, 1.82) is 0 Å². The van der Waals surface area contributed by atoms with E-state index in [0.29, 0.717) is 17.7 Å². The molecule has 1 aliphatic heterocycles. The predicted octanol–water partition coefficient (Wildman–Crippen LogP) is 5.01. The summed E-state index contributed by atoms with van der Waals surface area (Å²) in [7, 11) is 0. The third-order valence-electron chi connectivity index (χ3n) is 6.10. The van der Waals surface area contributed by atoms with Crippen molar-refractivity contribution < 1.29 is 41.0 Å². The fourth-order valence-corrected chi connectivity index (χ4v) is 4.45. The van der Waals surface area contributed by atoms with Crippen molar-refractivity contribution in [2.75, 3.05) is 0 Å². The Labute approximate surface area is 200 Å². The first-order valence-electron chi connectivity index (χ1n) is 10.5. The van der Waals surface area contributed by atoms with Crippen LogP contribution in [0.3, 0.4) is 0 Å². The number of carbonyl (C=O) groups excluding carboxylic acids is 2. The van der Waals surface area contributed by atoms with Gasteiger partial charge in [-0.15, -0.1) is 0 Å². The number of nitrogens with two attached hydrogens (primary N) is 1. The zero-order valence-electron chi connectivity index (χ0n) is 18.3. The van der Waals surface area contributed by atoms with Crippen molar-refractivity contribution in [3.05, 3.63) is 100 Å². The van der Waals surface area contributed by atoms with Gasteiger partial charge in [0.05, 0.1) is 11.1 Å². The number of carbonyl (C=O) groups is 2. The summed E-state index contributed by atoms with van der Waals surface area (Å²) in [6, 6.07) is 12.5. The third-order valence-corrected chi connectivity index (χ3v) is 6.10. The van der Waals surface area contributed by atoms with Crippen molar-refractivity contribution in [3.8, 4) is 5.75 Å². The second-order valence-electron chi connectivity index (χ2n) is 8.42. The predicted molar refractivity (Wildman–Crippen MR) is 115 cm³/mol. The molecule has 11 heteroatoms. The van der Waals surface area contributed by atoms with Gasteiger partial charge in [-0.3, -0.25) is 9.59 Å². The summed E-state index contributed by atoms with van der Waals surface area (Å²) in [6.45, 7) is -0.748. The minimum atomic E-state index is -5.08. The van der Waals surface area contributed by atoms with Gasteiger partial charge in [-0.2, -0.15) is 26.3 Å². The van der Waals surface area contributed by atoms with Crippen LogP contribution in [0.4, 0.5) is 26.3 Å². The molecular weight excluding hydrogens is 490 g/mol. The van der Waals surface area contributed by atoms with Crippen LogP contribution in [-0.2, 0) is 35.7 Å². The highest BCUT2D eigenvalue weighted by molar-refractivity contribution is 6.06. The van der Waals surface area contributed by atoms with Crippen LogP contribution in [0, 0.1) is 0 Å². The van der Waals surface area contributed by atoms with E-state index in [1.807, 2.05) is 0 Å². The van der Waals surface area contributed by atoms with Crippen molar-refractivity contribution >= 4 is 11.8 Å². The zero-order chi connectivity index (χ0) is 26.5. The number of hydrogen-bond donors (Lipinski definition) is 2. The molecule has 1 atom stereocenters. The maximum absolute atomic E-state index is 13.4. The smallest absolute Gasteiger partial charge is 0.416 e. The van der Waals surface area contributed by atoms with Gasteiger partial charge >= 0.3 is 12.4 Å². The van der Waals surface area contributed by atoms with Crippen LogP contribution in [0.2, 0.25) is 0 Å². The molecule has 0 fully saturated rings. The first kappa shape index (κ1) is 25.1. The summed E-state index contributed by atoms with van der Waals surface area (Å²) in [4.78, 5) is 27.2. The topological polar surface area (TPSA) is 83.6 Å². The summed E-state index contributed by atoms with van der Waals surface area (Å²) in [5.74, 6) is -1.86. The lowest BCUT2D eigenvalue weighted by Crippen LogP contribution is -2.54. The summed E-state index contributed by atoms with van der Waals surface area (Å²) in [6.07, 6.45) is -10.4. The van der Waals surface area contributed by atoms with Gasteiger partial charge in [0.1, 0.15) is 5.75 Å². The summed E-state index contributed by atoms with van der Waals surface area (Å²) in [5.41, 5.74) is 1.000. The average Bonchev–Trinajstić information content (AvgIpc) is 3.03. The van der Waals surface area contributed by atoms with Crippen LogP contribution in [0.25, 0.3) is 0 Å². The molecule has 188 valence electrons. The van der Waals surface area contributed by atoms with E-state index in [2.05, 4.69) is 0 Å². The number of phenolic OH excluding ortho intramolecular Hbond substituents is 1. The van der Waals surface area contributed by atoms with Gasteiger partial charge in [-0.25, -0.2) is 0 Å². The normalized spacial score (nSPS) is 17.8. The van der Waals surface area contributed by atoms with Gasteiger partial charge in [0.15, 0.2) is 5.54 Å². The second-order valence-corrected chi connectivity index (χ2v) is 8.42. The van der Waals surface area contributed by atoms with Gasteiger partial charge < -0.3 is 15.7 Å². The van der Waals surface area contributed by atoms with Crippen LogP contribution >= 0.6 is 0 Å². The van der Waals surface area contributed by atoms with Crippen LogP contribution in [0.1, 0.15) is 38.2 Å². The first-order valence-corrected chi connectivity index (χ1v) is 10.5. The molecule has 5 nitrogen and oxygen atoms in total. The fourth-order valence-electron chi connectivity index (χ4n) is 4.45. The van der Waals surface area contributed by atoms with E-state index >= 15 is 0 Å².